The van der Waals surface area contributed by atoms with Gasteiger partial charge in [-0.15, -0.1) is 0 Å². The molecule has 0 atom stereocenters. The molecule has 0 saturated carbocycles. The molecule has 1 heterocycles. The number of nitrogen functional groups attached to an aromatic ring is 1. The van der Waals surface area contributed by atoms with E-state index in [1.807, 2.05) is 29.3 Å². The summed E-state index contributed by atoms with van der Waals surface area (Å²) in [6, 6.07) is 7.42. The summed E-state index contributed by atoms with van der Waals surface area (Å²) in [6.07, 6.45) is 3.88. The Morgan fingerprint density at radius 1 is 1.39 bits per heavy atom. The number of hydrazine groups is 1. The van der Waals surface area contributed by atoms with Gasteiger partial charge in [0.25, 0.3) is 0 Å². The topological polar surface area (TPSA) is 94.7 Å². The van der Waals surface area contributed by atoms with Crippen LogP contribution >= 0.6 is 0 Å². The molecule has 0 radical (unpaired) electrons. The van der Waals surface area contributed by atoms with Crippen LogP contribution in [-0.4, -0.2) is 35.4 Å². The average molecular weight is 246 g/mol. The number of nitrogens with two attached hydrogens (primary N) is 2. The standard InChI is InChI=1S/C12H18N6/c13-11-5-3-4-10(8-11)9-16-18(12(14)15)17-6-1-2-7-17/h3-5,8-9H,1-2,6-7,13H2,(H3,14,15). The molecule has 0 aliphatic carbocycles. The molecule has 6 heteroatoms. The molecule has 1 saturated heterocycles. The van der Waals surface area contributed by atoms with Crippen LogP contribution in [0.5, 0.6) is 0 Å². The third kappa shape index (κ3) is 2.98. The molecule has 0 amide bonds. The smallest absolute Gasteiger partial charge is 0.225 e. The fourth-order valence-electron chi connectivity index (χ4n) is 1.94. The molecule has 0 aromatic heterocycles. The highest BCUT2D eigenvalue weighted by Crippen LogP contribution is 2.11. The predicted molar refractivity (Wildman–Crippen MR) is 73.0 cm³/mol. The lowest BCUT2D eigenvalue weighted by molar-refractivity contribution is 0.0757. The third-order valence-corrected chi connectivity index (χ3v) is 2.79. The van der Waals surface area contributed by atoms with E-state index in [1.54, 1.807) is 6.21 Å². The third-order valence-electron chi connectivity index (χ3n) is 2.79. The van der Waals surface area contributed by atoms with E-state index in [4.69, 9.17) is 16.9 Å². The van der Waals surface area contributed by atoms with Gasteiger partial charge in [-0.1, -0.05) is 12.1 Å². The molecule has 1 aliphatic rings. The van der Waals surface area contributed by atoms with Crippen LogP contribution in [0.2, 0.25) is 0 Å². The fraction of sp³-hybridized carbons (Fsp3) is 0.333. The molecule has 1 aliphatic heterocycles. The molecule has 1 aromatic carbocycles. The van der Waals surface area contributed by atoms with Gasteiger partial charge in [0.1, 0.15) is 0 Å². The van der Waals surface area contributed by atoms with Gasteiger partial charge >= 0.3 is 0 Å². The van der Waals surface area contributed by atoms with Crippen molar-refractivity contribution in [1.82, 2.24) is 10.1 Å². The molecular formula is C12H18N6. The second-order valence-corrected chi connectivity index (χ2v) is 4.25. The van der Waals surface area contributed by atoms with E-state index >= 15 is 0 Å². The van der Waals surface area contributed by atoms with Gasteiger partial charge in [0.15, 0.2) is 0 Å². The van der Waals surface area contributed by atoms with Crippen LogP contribution in [0.15, 0.2) is 29.4 Å². The zero-order valence-electron chi connectivity index (χ0n) is 10.2. The molecule has 18 heavy (non-hydrogen) atoms. The molecule has 6 nitrogen and oxygen atoms in total. The first-order chi connectivity index (χ1) is 8.66. The molecule has 0 spiro atoms. The molecule has 0 unspecified atom stereocenters. The minimum Gasteiger partial charge on any atom is -0.399 e. The first-order valence-corrected chi connectivity index (χ1v) is 5.95. The van der Waals surface area contributed by atoms with Crippen molar-refractivity contribution in [2.24, 2.45) is 10.8 Å². The first kappa shape index (κ1) is 12.4. The van der Waals surface area contributed by atoms with Gasteiger partial charge < -0.3 is 11.5 Å². The van der Waals surface area contributed by atoms with Crippen molar-refractivity contribution in [3.05, 3.63) is 29.8 Å². The van der Waals surface area contributed by atoms with Gasteiger partial charge in [-0.05, 0) is 30.5 Å². The van der Waals surface area contributed by atoms with Gasteiger partial charge in [-0.2, -0.15) is 15.2 Å². The number of hydrogen-bond acceptors (Lipinski definition) is 4. The average Bonchev–Trinajstić information content (AvgIpc) is 2.82. The van der Waals surface area contributed by atoms with E-state index in [0.29, 0.717) is 5.69 Å². The first-order valence-electron chi connectivity index (χ1n) is 5.95. The van der Waals surface area contributed by atoms with E-state index in [9.17, 15) is 0 Å². The van der Waals surface area contributed by atoms with Crippen LogP contribution in [0.3, 0.4) is 0 Å². The summed E-state index contributed by atoms with van der Waals surface area (Å²) < 4.78 is 0. The largest absolute Gasteiger partial charge is 0.399 e. The number of anilines is 1. The van der Waals surface area contributed by atoms with Crippen molar-refractivity contribution < 1.29 is 0 Å². The van der Waals surface area contributed by atoms with Crippen molar-refractivity contribution in [2.75, 3.05) is 18.8 Å². The van der Waals surface area contributed by atoms with E-state index < -0.39 is 0 Å². The maximum Gasteiger partial charge on any atom is 0.225 e. The van der Waals surface area contributed by atoms with Gasteiger partial charge in [-0.3, -0.25) is 5.41 Å². The fourth-order valence-corrected chi connectivity index (χ4v) is 1.94. The summed E-state index contributed by atoms with van der Waals surface area (Å²) in [6.45, 7) is 1.77. The van der Waals surface area contributed by atoms with Crippen LogP contribution in [0.1, 0.15) is 18.4 Å². The molecule has 0 bridgehead atoms. The van der Waals surface area contributed by atoms with Crippen molar-refractivity contribution in [1.29, 1.82) is 5.41 Å². The molecule has 1 fully saturated rings. The molecular weight excluding hydrogens is 228 g/mol. The minimum atomic E-state index is -0.0722. The maximum atomic E-state index is 7.55. The van der Waals surface area contributed by atoms with Crippen LogP contribution in [-0.2, 0) is 0 Å². The van der Waals surface area contributed by atoms with E-state index in [0.717, 1.165) is 31.5 Å². The summed E-state index contributed by atoms with van der Waals surface area (Å²) in [7, 11) is 0. The van der Waals surface area contributed by atoms with E-state index in [2.05, 4.69) is 5.10 Å². The zero-order valence-corrected chi connectivity index (χ0v) is 10.2. The van der Waals surface area contributed by atoms with Gasteiger partial charge in [0, 0.05) is 18.8 Å². The summed E-state index contributed by atoms with van der Waals surface area (Å²) in [5.41, 5.74) is 12.8. The zero-order chi connectivity index (χ0) is 13.0. The maximum absolute atomic E-state index is 7.55. The number of hydrogen-bond donors (Lipinski definition) is 3. The predicted octanol–water partition coefficient (Wildman–Crippen LogP) is 0.809. The van der Waals surface area contributed by atoms with Crippen LogP contribution < -0.4 is 11.5 Å². The number of hydrazone groups is 1. The molecule has 1 aromatic rings. The number of benzene rings is 1. The van der Waals surface area contributed by atoms with Gasteiger partial charge in [0.05, 0.1) is 6.21 Å². The van der Waals surface area contributed by atoms with Crippen molar-refractivity contribution >= 4 is 17.9 Å². The lowest BCUT2D eigenvalue weighted by Crippen LogP contribution is -2.44. The Hall–Kier alpha value is -2.08. The Balaban J connectivity index is 2.10. The second-order valence-electron chi connectivity index (χ2n) is 4.25. The quantitative estimate of drug-likeness (QED) is 0.318. The minimum absolute atomic E-state index is 0.0722. The highest BCUT2D eigenvalue weighted by molar-refractivity contribution is 5.82. The number of nitrogens with zero attached hydrogens (tertiary/aromatic N) is 3. The van der Waals surface area contributed by atoms with E-state index in [1.165, 1.54) is 5.12 Å². The lowest BCUT2D eigenvalue weighted by Gasteiger charge is -2.26. The Morgan fingerprint density at radius 2 is 2.11 bits per heavy atom. The van der Waals surface area contributed by atoms with Crippen LogP contribution in [0.4, 0.5) is 5.69 Å². The molecule has 96 valence electrons. The Labute approximate surface area is 106 Å². The summed E-state index contributed by atoms with van der Waals surface area (Å²) in [5.74, 6) is -0.0722. The molecule has 5 N–H and O–H groups in total. The number of guanidine groups is 1. The monoisotopic (exact) mass is 246 g/mol. The highest BCUT2D eigenvalue weighted by Gasteiger charge is 2.19. The van der Waals surface area contributed by atoms with Gasteiger partial charge in [-0.25, -0.2) is 0 Å². The number of rotatable bonds is 3. The van der Waals surface area contributed by atoms with Crippen molar-refractivity contribution in [2.45, 2.75) is 12.8 Å². The second kappa shape index (κ2) is 5.50. The SMILES string of the molecule is N=C(N)N(N=Cc1cccc(N)c1)N1CCCC1. The highest BCUT2D eigenvalue weighted by atomic mass is 15.8. The molecule has 2 rings (SSSR count). The Kier molecular flexibility index (Phi) is 3.78. The summed E-state index contributed by atoms with van der Waals surface area (Å²) >= 11 is 0. The lowest BCUT2D eigenvalue weighted by atomic mass is 10.2. The van der Waals surface area contributed by atoms with Gasteiger partial charge in [0.2, 0.25) is 5.96 Å². The summed E-state index contributed by atoms with van der Waals surface area (Å²) in [5, 5.41) is 15.2. The van der Waals surface area contributed by atoms with Crippen LogP contribution in [0, 0.1) is 5.41 Å². The van der Waals surface area contributed by atoms with Crippen molar-refractivity contribution in [3.63, 3.8) is 0 Å². The Bertz CT molecular complexity index is 450. The number of nitrogens with one attached hydrogen (secondary N) is 1. The normalized spacial score (nSPS) is 16.2. The van der Waals surface area contributed by atoms with Crippen LogP contribution in [0.25, 0.3) is 0 Å². The van der Waals surface area contributed by atoms with E-state index in [-0.39, 0.29) is 5.96 Å². The van der Waals surface area contributed by atoms with Crippen molar-refractivity contribution in [3.8, 4) is 0 Å². The Morgan fingerprint density at radius 3 is 2.72 bits per heavy atom. The summed E-state index contributed by atoms with van der Waals surface area (Å²) in [4.78, 5) is 0.